The molecule has 0 heterocycles. The predicted octanol–water partition coefficient (Wildman–Crippen LogP) is 4.25. The van der Waals surface area contributed by atoms with Gasteiger partial charge >= 0.3 is 0 Å². The number of hydrogen-bond donors (Lipinski definition) is 1. The van der Waals surface area contributed by atoms with Crippen LogP contribution in [0.2, 0.25) is 0 Å². The molecule has 0 bridgehead atoms. The van der Waals surface area contributed by atoms with Gasteiger partial charge in [-0.3, -0.25) is 0 Å². The lowest BCUT2D eigenvalue weighted by atomic mass is 9.94. The minimum Gasteiger partial charge on any atom is -0.320 e. The average Bonchev–Trinajstić information content (AvgIpc) is 2.32. The summed E-state index contributed by atoms with van der Waals surface area (Å²) in [6.45, 7) is 4.00. The third-order valence-electron chi connectivity index (χ3n) is 3.08. The van der Waals surface area contributed by atoms with Crippen molar-refractivity contribution in [2.24, 2.45) is 5.73 Å². The van der Waals surface area contributed by atoms with Crippen LogP contribution >= 0.6 is 15.9 Å². The average molecular weight is 308 g/mol. The van der Waals surface area contributed by atoms with Gasteiger partial charge in [-0.15, -0.1) is 0 Å². The zero-order chi connectivity index (χ0) is 13.3. The molecule has 0 aliphatic heterocycles. The first kappa shape index (κ1) is 13.2. The van der Waals surface area contributed by atoms with E-state index in [2.05, 4.69) is 15.9 Å². The zero-order valence-electron chi connectivity index (χ0n) is 10.4. The maximum absolute atomic E-state index is 13.9. The van der Waals surface area contributed by atoms with Crippen LogP contribution in [-0.4, -0.2) is 0 Å². The van der Waals surface area contributed by atoms with E-state index >= 15 is 0 Å². The van der Waals surface area contributed by atoms with Crippen molar-refractivity contribution in [2.75, 3.05) is 0 Å². The lowest BCUT2D eigenvalue weighted by Gasteiger charge is -2.18. The van der Waals surface area contributed by atoms with Gasteiger partial charge in [0.15, 0.2) is 0 Å². The Bertz CT molecular complexity index is 560. The Kier molecular flexibility index (Phi) is 3.83. The number of benzene rings is 2. The molecular weight excluding hydrogens is 293 g/mol. The maximum Gasteiger partial charge on any atom is 0.129 e. The molecule has 18 heavy (non-hydrogen) atoms. The van der Waals surface area contributed by atoms with Crippen LogP contribution in [0.3, 0.4) is 0 Å². The van der Waals surface area contributed by atoms with Gasteiger partial charge < -0.3 is 5.73 Å². The topological polar surface area (TPSA) is 26.0 Å². The van der Waals surface area contributed by atoms with Crippen LogP contribution in [0.4, 0.5) is 4.39 Å². The summed E-state index contributed by atoms with van der Waals surface area (Å²) < 4.78 is 14.6. The van der Waals surface area contributed by atoms with Gasteiger partial charge in [-0.05, 0) is 37.1 Å². The van der Waals surface area contributed by atoms with Gasteiger partial charge in [0, 0.05) is 10.0 Å². The van der Waals surface area contributed by atoms with Crippen LogP contribution in [0.15, 0.2) is 40.9 Å². The first-order valence-electron chi connectivity index (χ1n) is 5.77. The van der Waals surface area contributed by atoms with Gasteiger partial charge in [0.1, 0.15) is 5.82 Å². The summed E-state index contributed by atoms with van der Waals surface area (Å²) in [7, 11) is 0. The maximum atomic E-state index is 13.9. The first-order valence-corrected chi connectivity index (χ1v) is 6.56. The van der Waals surface area contributed by atoms with Crippen molar-refractivity contribution in [1.82, 2.24) is 0 Å². The quantitative estimate of drug-likeness (QED) is 0.881. The number of rotatable bonds is 2. The van der Waals surface area contributed by atoms with Crippen LogP contribution in [0.1, 0.15) is 28.3 Å². The van der Waals surface area contributed by atoms with Crippen molar-refractivity contribution in [3.8, 4) is 0 Å². The van der Waals surface area contributed by atoms with E-state index in [9.17, 15) is 4.39 Å². The summed E-state index contributed by atoms with van der Waals surface area (Å²) in [5, 5.41) is 0. The fraction of sp³-hybridized carbons (Fsp3) is 0.200. The molecule has 1 unspecified atom stereocenters. The van der Waals surface area contributed by atoms with E-state index in [0.29, 0.717) is 10.0 Å². The van der Waals surface area contributed by atoms with Gasteiger partial charge in [-0.2, -0.15) is 0 Å². The molecule has 0 radical (unpaired) electrons. The summed E-state index contributed by atoms with van der Waals surface area (Å²) in [5.41, 5.74) is 9.88. The van der Waals surface area contributed by atoms with E-state index in [4.69, 9.17) is 5.73 Å². The minimum absolute atomic E-state index is 0.280. The molecule has 0 spiro atoms. The monoisotopic (exact) mass is 307 g/mol. The second kappa shape index (κ2) is 5.21. The molecule has 94 valence electrons. The highest BCUT2D eigenvalue weighted by Gasteiger charge is 2.18. The molecule has 0 saturated heterocycles. The molecule has 2 N–H and O–H groups in total. The molecule has 2 aromatic carbocycles. The van der Waals surface area contributed by atoms with E-state index in [0.717, 1.165) is 16.7 Å². The van der Waals surface area contributed by atoms with E-state index in [1.165, 1.54) is 6.07 Å². The second-order valence-electron chi connectivity index (χ2n) is 4.47. The van der Waals surface area contributed by atoms with Crippen LogP contribution in [-0.2, 0) is 0 Å². The number of hydrogen-bond acceptors (Lipinski definition) is 1. The van der Waals surface area contributed by atoms with E-state index in [1.54, 1.807) is 6.07 Å². The summed E-state index contributed by atoms with van der Waals surface area (Å²) >= 11 is 3.37. The van der Waals surface area contributed by atoms with E-state index in [1.807, 2.05) is 38.1 Å². The molecular formula is C15H15BrFN. The van der Waals surface area contributed by atoms with Gasteiger partial charge in [0.25, 0.3) is 0 Å². The molecule has 3 heteroatoms. The molecule has 1 nitrogen and oxygen atoms in total. The Labute approximate surface area is 115 Å². The molecule has 0 aliphatic rings. The number of aryl methyl sites for hydroxylation is 2. The fourth-order valence-corrected chi connectivity index (χ4v) is 2.65. The molecule has 2 rings (SSSR count). The Balaban J connectivity index is 2.54. The molecule has 0 aliphatic carbocycles. The molecule has 0 amide bonds. The number of nitrogens with two attached hydrogens (primary N) is 1. The molecule has 1 atom stereocenters. The molecule has 0 saturated carbocycles. The summed E-state index contributed by atoms with van der Waals surface area (Å²) in [6, 6.07) is 10.5. The smallest absolute Gasteiger partial charge is 0.129 e. The van der Waals surface area contributed by atoms with Crippen molar-refractivity contribution in [3.63, 3.8) is 0 Å². The standard InChI is InChI=1S/C15H15BrFN/c1-9-6-7-10(2)11(8-9)15(18)14-12(16)4-3-5-13(14)17/h3-8,15H,18H2,1-2H3. The first-order chi connectivity index (χ1) is 8.50. The van der Waals surface area contributed by atoms with Crippen LogP contribution in [0, 0.1) is 19.7 Å². The highest BCUT2D eigenvalue weighted by molar-refractivity contribution is 9.10. The number of halogens is 2. The summed E-state index contributed by atoms with van der Waals surface area (Å²) in [4.78, 5) is 0. The van der Waals surface area contributed by atoms with Crippen molar-refractivity contribution in [1.29, 1.82) is 0 Å². The Morgan fingerprint density at radius 3 is 2.56 bits per heavy atom. The van der Waals surface area contributed by atoms with Crippen molar-refractivity contribution in [3.05, 3.63) is 68.9 Å². The van der Waals surface area contributed by atoms with Crippen LogP contribution < -0.4 is 5.73 Å². The lowest BCUT2D eigenvalue weighted by molar-refractivity contribution is 0.597. The van der Waals surface area contributed by atoms with Gasteiger partial charge in [-0.1, -0.05) is 45.8 Å². The summed E-state index contributed by atoms with van der Waals surface area (Å²) in [6.07, 6.45) is 0. The van der Waals surface area contributed by atoms with Crippen LogP contribution in [0.25, 0.3) is 0 Å². The second-order valence-corrected chi connectivity index (χ2v) is 5.33. The van der Waals surface area contributed by atoms with Crippen molar-refractivity contribution >= 4 is 15.9 Å². The van der Waals surface area contributed by atoms with E-state index in [-0.39, 0.29) is 5.82 Å². The fourth-order valence-electron chi connectivity index (χ4n) is 2.06. The highest BCUT2D eigenvalue weighted by atomic mass is 79.9. The third kappa shape index (κ3) is 2.47. The van der Waals surface area contributed by atoms with Crippen LogP contribution in [0.5, 0.6) is 0 Å². The van der Waals surface area contributed by atoms with Crippen molar-refractivity contribution in [2.45, 2.75) is 19.9 Å². The Hall–Kier alpha value is -1.19. The summed E-state index contributed by atoms with van der Waals surface area (Å²) in [5.74, 6) is -0.280. The third-order valence-corrected chi connectivity index (χ3v) is 3.77. The van der Waals surface area contributed by atoms with Gasteiger partial charge in [0.05, 0.1) is 6.04 Å². The zero-order valence-corrected chi connectivity index (χ0v) is 12.0. The van der Waals surface area contributed by atoms with Crippen molar-refractivity contribution < 1.29 is 4.39 Å². The molecule has 0 aromatic heterocycles. The minimum atomic E-state index is -0.458. The molecule has 0 fully saturated rings. The Morgan fingerprint density at radius 2 is 1.89 bits per heavy atom. The lowest BCUT2D eigenvalue weighted by Crippen LogP contribution is -2.15. The van der Waals surface area contributed by atoms with Gasteiger partial charge in [0.2, 0.25) is 0 Å². The normalized spacial score (nSPS) is 12.5. The SMILES string of the molecule is Cc1ccc(C)c(C(N)c2c(F)cccc2Br)c1. The van der Waals surface area contributed by atoms with E-state index < -0.39 is 6.04 Å². The Morgan fingerprint density at radius 1 is 1.17 bits per heavy atom. The largest absolute Gasteiger partial charge is 0.320 e. The highest BCUT2D eigenvalue weighted by Crippen LogP contribution is 2.31. The van der Waals surface area contributed by atoms with Gasteiger partial charge in [-0.25, -0.2) is 4.39 Å². The predicted molar refractivity (Wildman–Crippen MR) is 76.0 cm³/mol. The molecule has 2 aromatic rings.